The molecular formula is C14H19N3O3. The number of aromatic amines is 2. The van der Waals surface area contributed by atoms with Crippen LogP contribution in [0.2, 0.25) is 0 Å². The largest absolute Gasteiger partial charge is 0.381 e. The molecule has 108 valence electrons. The molecule has 1 aromatic heterocycles. The molecule has 0 atom stereocenters. The number of hydrogen-bond acceptors (Lipinski definition) is 3. The van der Waals surface area contributed by atoms with Gasteiger partial charge in [-0.3, -0.25) is 4.79 Å². The van der Waals surface area contributed by atoms with Crippen molar-refractivity contribution in [1.29, 1.82) is 0 Å². The summed E-state index contributed by atoms with van der Waals surface area (Å²) in [4.78, 5) is 28.7. The zero-order valence-electron chi connectivity index (χ0n) is 11.9. The fourth-order valence-electron chi connectivity index (χ4n) is 2.08. The summed E-state index contributed by atoms with van der Waals surface area (Å²) in [6.45, 7) is 6.72. The van der Waals surface area contributed by atoms with E-state index in [1.807, 2.05) is 26.8 Å². The maximum Gasteiger partial charge on any atom is 0.323 e. The number of hydrogen-bond donors (Lipinski definition) is 3. The molecule has 0 aliphatic carbocycles. The van der Waals surface area contributed by atoms with Gasteiger partial charge in [0.2, 0.25) is 5.91 Å². The van der Waals surface area contributed by atoms with Gasteiger partial charge in [-0.15, -0.1) is 0 Å². The number of carbonyl (C=O) groups is 1. The molecule has 0 unspecified atom stereocenters. The lowest BCUT2D eigenvalue weighted by Crippen LogP contribution is -2.15. The Hall–Kier alpha value is -2.08. The van der Waals surface area contributed by atoms with Crippen molar-refractivity contribution in [2.45, 2.75) is 27.2 Å². The van der Waals surface area contributed by atoms with Gasteiger partial charge in [0.25, 0.3) is 0 Å². The number of amides is 1. The third kappa shape index (κ3) is 2.91. The second-order valence-electron chi connectivity index (χ2n) is 4.69. The summed E-state index contributed by atoms with van der Waals surface area (Å²) < 4.78 is 5.16. The van der Waals surface area contributed by atoms with Crippen LogP contribution in [-0.4, -0.2) is 29.1 Å². The number of rotatable bonds is 5. The number of imidazole rings is 1. The van der Waals surface area contributed by atoms with Crippen LogP contribution in [0.5, 0.6) is 0 Å². The summed E-state index contributed by atoms with van der Waals surface area (Å²) in [6.07, 6.45) is 0.289. The number of aromatic nitrogens is 2. The lowest BCUT2D eigenvalue weighted by Gasteiger charge is -2.12. The third-order valence-electron chi connectivity index (χ3n) is 3.28. The van der Waals surface area contributed by atoms with E-state index < -0.39 is 0 Å². The van der Waals surface area contributed by atoms with Gasteiger partial charge in [0.1, 0.15) is 0 Å². The monoisotopic (exact) mass is 277 g/mol. The summed E-state index contributed by atoms with van der Waals surface area (Å²) in [5.74, 6) is -0.129. The number of carbonyl (C=O) groups excluding carboxylic acids is 1. The Morgan fingerprint density at radius 2 is 2.10 bits per heavy atom. The first kappa shape index (κ1) is 14.3. The molecule has 1 heterocycles. The summed E-state index contributed by atoms with van der Waals surface area (Å²) in [7, 11) is 0. The number of anilines is 1. The number of benzene rings is 1. The Labute approximate surface area is 116 Å². The van der Waals surface area contributed by atoms with Crippen molar-refractivity contribution in [2.24, 2.45) is 0 Å². The number of nitrogens with one attached hydrogen (secondary N) is 3. The normalized spacial score (nSPS) is 10.9. The molecule has 0 bridgehead atoms. The molecule has 1 amide bonds. The van der Waals surface area contributed by atoms with Crippen LogP contribution in [-0.2, 0) is 9.53 Å². The molecule has 2 aromatic rings. The Bertz CT molecular complexity index is 685. The predicted octanol–water partition coefficient (Wildman–Crippen LogP) is 1.84. The van der Waals surface area contributed by atoms with Crippen LogP contribution < -0.4 is 11.0 Å². The Balaban J connectivity index is 2.30. The minimum absolute atomic E-state index is 0.129. The zero-order valence-corrected chi connectivity index (χ0v) is 11.9. The molecule has 0 aliphatic heterocycles. The Kier molecular flexibility index (Phi) is 4.24. The highest BCUT2D eigenvalue weighted by Gasteiger charge is 2.13. The Morgan fingerprint density at radius 3 is 2.80 bits per heavy atom. The van der Waals surface area contributed by atoms with Gasteiger partial charge < -0.3 is 20.0 Å². The van der Waals surface area contributed by atoms with Gasteiger partial charge in [-0.1, -0.05) is 0 Å². The molecule has 2 rings (SSSR count). The van der Waals surface area contributed by atoms with Crippen LogP contribution in [0.15, 0.2) is 10.9 Å². The van der Waals surface area contributed by atoms with Crippen molar-refractivity contribution in [3.05, 3.63) is 27.7 Å². The van der Waals surface area contributed by atoms with Gasteiger partial charge >= 0.3 is 5.69 Å². The average molecular weight is 277 g/mol. The van der Waals surface area contributed by atoms with Gasteiger partial charge in [-0.25, -0.2) is 4.79 Å². The summed E-state index contributed by atoms with van der Waals surface area (Å²) >= 11 is 0. The fraction of sp³-hybridized carbons (Fsp3) is 0.429. The molecule has 6 nitrogen and oxygen atoms in total. The van der Waals surface area contributed by atoms with Crippen molar-refractivity contribution in [2.75, 3.05) is 18.5 Å². The van der Waals surface area contributed by atoms with E-state index in [4.69, 9.17) is 4.74 Å². The van der Waals surface area contributed by atoms with E-state index in [0.29, 0.717) is 29.9 Å². The smallest absolute Gasteiger partial charge is 0.323 e. The molecule has 6 heteroatoms. The third-order valence-corrected chi connectivity index (χ3v) is 3.28. The second-order valence-corrected chi connectivity index (χ2v) is 4.69. The lowest BCUT2D eigenvalue weighted by molar-refractivity contribution is -0.117. The highest BCUT2D eigenvalue weighted by Crippen LogP contribution is 2.26. The first-order chi connectivity index (χ1) is 9.52. The number of fused-ring (bicyclic) bond motifs is 1. The van der Waals surface area contributed by atoms with Gasteiger partial charge in [0, 0.05) is 6.61 Å². The molecule has 0 saturated carbocycles. The first-order valence-corrected chi connectivity index (χ1v) is 6.62. The summed E-state index contributed by atoms with van der Waals surface area (Å²) in [6, 6.07) is 1.89. The number of ether oxygens (including phenoxy) is 1. The van der Waals surface area contributed by atoms with E-state index in [9.17, 15) is 9.59 Å². The van der Waals surface area contributed by atoms with Crippen molar-refractivity contribution < 1.29 is 9.53 Å². The first-order valence-electron chi connectivity index (χ1n) is 6.62. The van der Waals surface area contributed by atoms with Crippen LogP contribution in [0.25, 0.3) is 11.0 Å². The van der Waals surface area contributed by atoms with E-state index in [1.165, 1.54) is 0 Å². The minimum atomic E-state index is -0.283. The van der Waals surface area contributed by atoms with E-state index in [-0.39, 0.29) is 18.0 Å². The maximum absolute atomic E-state index is 11.9. The molecule has 20 heavy (non-hydrogen) atoms. The SMILES string of the molecule is CCOCCC(=O)Nc1c(C)c(C)cc2[nH]c(=O)[nH]c12. The van der Waals surface area contributed by atoms with Crippen molar-refractivity contribution in [3.8, 4) is 0 Å². The molecule has 0 radical (unpaired) electrons. The predicted molar refractivity (Wildman–Crippen MR) is 78.1 cm³/mol. The van der Waals surface area contributed by atoms with Crippen LogP contribution in [0.1, 0.15) is 24.5 Å². The highest BCUT2D eigenvalue weighted by molar-refractivity contribution is 6.01. The van der Waals surface area contributed by atoms with Crippen LogP contribution in [0.3, 0.4) is 0 Å². The van der Waals surface area contributed by atoms with Crippen LogP contribution in [0, 0.1) is 13.8 Å². The molecule has 0 fully saturated rings. The molecule has 0 saturated heterocycles. The quantitative estimate of drug-likeness (QED) is 0.729. The molecule has 1 aromatic carbocycles. The van der Waals surface area contributed by atoms with Crippen molar-refractivity contribution >= 4 is 22.6 Å². The topological polar surface area (TPSA) is 87.0 Å². The van der Waals surface area contributed by atoms with E-state index in [1.54, 1.807) is 0 Å². The van der Waals surface area contributed by atoms with Crippen LogP contribution >= 0.6 is 0 Å². The van der Waals surface area contributed by atoms with Gasteiger partial charge in [-0.05, 0) is 38.0 Å². The van der Waals surface area contributed by atoms with E-state index >= 15 is 0 Å². The molecule has 0 aliphatic rings. The summed E-state index contributed by atoms with van der Waals surface area (Å²) in [5.41, 5.74) is 3.64. The standard InChI is InChI=1S/C14H19N3O3/c1-4-20-6-5-11(18)16-12-9(3)8(2)7-10-13(12)17-14(19)15-10/h7H,4-6H2,1-3H3,(H,16,18)(H2,15,17,19). The molecule has 0 spiro atoms. The number of H-pyrrole nitrogens is 2. The minimum Gasteiger partial charge on any atom is -0.381 e. The maximum atomic E-state index is 11.9. The second kappa shape index (κ2) is 5.92. The van der Waals surface area contributed by atoms with Crippen molar-refractivity contribution in [1.82, 2.24) is 9.97 Å². The lowest BCUT2D eigenvalue weighted by atomic mass is 10.1. The number of aryl methyl sites for hydroxylation is 1. The van der Waals surface area contributed by atoms with Crippen molar-refractivity contribution in [3.63, 3.8) is 0 Å². The van der Waals surface area contributed by atoms with Crippen LogP contribution in [0.4, 0.5) is 5.69 Å². The fourth-order valence-corrected chi connectivity index (χ4v) is 2.08. The zero-order chi connectivity index (χ0) is 14.7. The van der Waals surface area contributed by atoms with E-state index in [2.05, 4.69) is 15.3 Å². The Morgan fingerprint density at radius 1 is 1.35 bits per heavy atom. The average Bonchev–Trinajstić information content (AvgIpc) is 2.75. The van der Waals surface area contributed by atoms with Gasteiger partial charge in [0.05, 0.1) is 29.7 Å². The van der Waals surface area contributed by atoms with Gasteiger partial charge in [0.15, 0.2) is 0 Å². The highest BCUT2D eigenvalue weighted by atomic mass is 16.5. The van der Waals surface area contributed by atoms with E-state index in [0.717, 1.165) is 11.1 Å². The molecule has 3 N–H and O–H groups in total. The van der Waals surface area contributed by atoms with Gasteiger partial charge in [-0.2, -0.15) is 0 Å². The molecular weight excluding hydrogens is 258 g/mol. The summed E-state index contributed by atoms with van der Waals surface area (Å²) in [5, 5.41) is 2.86.